The van der Waals surface area contributed by atoms with Gasteiger partial charge in [0.1, 0.15) is 23.2 Å². The van der Waals surface area contributed by atoms with Gasteiger partial charge in [-0.25, -0.2) is 15.0 Å². The highest BCUT2D eigenvalue weighted by Gasteiger charge is 2.21. The van der Waals surface area contributed by atoms with Crippen LogP contribution in [0.5, 0.6) is 28.7 Å². The van der Waals surface area contributed by atoms with E-state index in [2.05, 4.69) is 66.8 Å². The smallest absolute Gasteiger partial charge is 0.258 e. The molecule has 0 saturated carbocycles. The van der Waals surface area contributed by atoms with Crippen molar-refractivity contribution in [1.29, 1.82) is 0 Å². The maximum Gasteiger partial charge on any atom is 0.258 e. The van der Waals surface area contributed by atoms with E-state index in [1.807, 2.05) is 81.8 Å². The lowest BCUT2D eigenvalue weighted by Crippen LogP contribution is -2.31. The summed E-state index contributed by atoms with van der Waals surface area (Å²) in [6, 6.07) is 27.9. The highest BCUT2D eigenvalue weighted by Crippen LogP contribution is 2.36. The zero-order valence-corrected chi connectivity index (χ0v) is 56.4. The molecule has 6 aromatic carbocycles. The van der Waals surface area contributed by atoms with E-state index in [0.717, 1.165) is 89.1 Å². The predicted molar refractivity (Wildman–Crippen MR) is 364 cm³/mol. The van der Waals surface area contributed by atoms with Gasteiger partial charge in [-0.1, -0.05) is 65.1 Å². The predicted octanol–water partition coefficient (Wildman–Crippen LogP) is 7.75. The lowest BCUT2D eigenvalue weighted by Gasteiger charge is -2.11. The summed E-state index contributed by atoms with van der Waals surface area (Å²) in [6.07, 6.45) is 6.93. The molecule has 12 aromatic rings. The molecule has 6 heterocycles. The fourth-order valence-corrected chi connectivity index (χ4v) is 10.9. The summed E-state index contributed by atoms with van der Waals surface area (Å²) in [4.78, 5) is 49.4. The summed E-state index contributed by atoms with van der Waals surface area (Å²) in [6.45, 7) is 0.577. The number of benzene rings is 6. The van der Waals surface area contributed by atoms with Crippen molar-refractivity contribution < 1.29 is 47.9 Å². The number of aliphatic hydroxyl groups is 1. The van der Waals surface area contributed by atoms with Crippen LogP contribution in [0.4, 0.5) is 0 Å². The average molecular weight is 1380 g/mol. The number of carbonyl (C=O) groups excluding carboxylic acids is 3. The van der Waals surface area contributed by atoms with Gasteiger partial charge in [-0.2, -0.15) is 30.6 Å². The minimum Gasteiger partial charge on any atom is -0.496 e. The van der Waals surface area contributed by atoms with Gasteiger partial charge in [0.25, 0.3) is 11.8 Å². The van der Waals surface area contributed by atoms with Gasteiger partial charge in [0, 0.05) is 106 Å². The van der Waals surface area contributed by atoms with Gasteiger partial charge < -0.3 is 49.5 Å². The molecule has 12 rings (SSSR count). The number of aliphatic hydroxyl groups excluding tert-OH is 1. The Morgan fingerprint density at radius 3 is 1.23 bits per heavy atom. The van der Waals surface area contributed by atoms with Crippen LogP contribution < -0.4 is 39.6 Å². The molecule has 0 radical (unpaired) electrons. The number of aromatic nitrogens is 15. The third-order valence-electron chi connectivity index (χ3n) is 15.3. The number of halogens is 3. The number of aryl methyl sites for hydroxylation is 3. The topological polar surface area (TPSA) is 341 Å². The molecule has 0 fully saturated rings. The van der Waals surface area contributed by atoms with Crippen molar-refractivity contribution in [3.63, 3.8) is 0 Å². The lowest BCUT2D eigenvalue weighted by atomic mass is 10.1. The first-order valence-corrected chi connectivity index (χ1v) is 31.3. The minimum atomic E-state index is -0.335. The number of carbonyl (C=O) groups is 3. The number of methoxy groups -OCH3 is 4. The summed E-state index contributed by atoms with van der Waals surface area (Å²) in [5, 5.41) is 55.7. The van der Waals surface area contributed by atoms with E-state index in [1.54, 1.807) is 84.2 Å². The second-order valence-electron chi connectivity index (χ2n) is 21.7. The molecule has 97 heavy (non-hydrogen) atoms. The van der Waals surface area contributed by atoms with Crippen LogP contribution in [0.3, 0.4) is 0 Å². The number of amides is 3. The minimum absolute atomic E-state index is 0.0780. The van der Waals surface area contributed by atoms with Crippen molar-refractivity contribution in [2.24, 2.45) is 21.1 Å². The SMILES string of the molecule is CNC(=O)Cc1ccc(-c2nc(Cc3ccc4[nH]ncc4c3Cl)n(C)n2)cc1OC.COCCNC(=O)COc1ccc(-c2nc(Cc3ccc4[nH]ncc4c3Cl)n(C)n2)cc1OC.COc1cc(-c2nc(Cc3ccc4[nH]ncc4c3Cl)n(C)n2)ccc1OCC(=O)NCCO. The molecule has 7 N–H and O–H groups in total. The number of aromatic amines is 3. The number of hydrogen-bond donors (Lipinski definition) is 7. The van der Waals surface area contributed by atoms with Crippen LogP contribution in [0.1, 0.15) is 39.7 Å². The highest BCUT2D eigenvalue weighted by atomic mass is 35.5. The Bertz CT molecular complexity index is 4750. The van der Waals surface area contributed by atoms with Gasteiger partial charge in [0.2, 0.25) is 5.91 Å². The molecule has 0 atom stereocenters. The van der Waals surface area contributed by atoms with Crippen LogP contribution in [0, 0.1) is 0 Å². The van der Waals surface area contributed by atoms with Gasteiger partial charge in [-0.05, 0) is 77.4 Å². The fourth-order valence-electron chi connectivity index (χ4n) is 10.1. The Labute approximate surface area is 570 Å². The van der Waals surface area contributed by atoms with E-state index in [0.29, 0.717) is 93.7 Å². The molecule has 6 aromatic heterocycles. The van der Waals surface area contributed by atoms with E-state index < -0.39 is 0 Å². The van der Waals surface area contributed by atoms with E-state index in [9.17, 15) is 14.4 Å². The van der Waals surface area contributed by atoms with Crippen molar-refractivity contribution in [1.82, 2.24) is 90.8 Å². The first-order chi connectivity index (χ1) is 47.0. The first kappa shape index (κ1) is 69.2. The quantitative estimate of drug-likeness (QED) is 0.0269. The van der Waals surface area contributed by atoms with E-state index >= 15 is 0 Å². The number of H-pyrrole nitrogens is 3. The molecule has 0 aliphatic rings. The molecular weight excluding hydrogens is 1310 g/mol. The number of hydrogen-bond acceptors (Lipinski definition) is 19. The molecule has 31 heteroatoms. The molecule has 0 aliphatic carbocycles. The van der Waals surface area contributed by atoms with Crippen molar-refractivity contribution in [3.05, 3.63) is 164 Å². The Hall–Kier alpha value is -10.7. The summed E-state index contributed by atoms with van der Waals surface area (Å²) >= 11 is 19.7. The second kappa shape index (κ2) is 32.2. The number of fused-ring (bicyclic) bond motifs is 3. The molecule has 28 nitrogen and oxygen atoms in total. The van der Waals surface area contributed by atoms with Crippen molar-refractivity contribution in [2.75, 3.05) is 75.0 Å². The largest absolute Gasteiger partial charge is 0.496 e. The standard InChI is InChI=1S/C23H25ClN6O4.C22H23ClN6O4.C21H21ClN6O2/c1-30-20(11-14-4-6-17-16(22(14)24)12-26-28-17)27-23(29-30)15-5-7-18(19(10-15)33-3)34-13-21(31)25-8-9-32-2;1-29-19(10-13-3-5-16-15(21(13)23)11-25-27-16)26-22(28-29)14-4-6-17(18(9-14)32-2)33-12-20(31)24-7-8-30;1-23-19(29)10-12-4-5-14(8-17(12)30-3)21-25-18(28(2)27-21)9-13-6-7-16-15(20(13)22)11-24-26-16/h4-7,10,12H,8-9,11,13H2,1-3H3,(H,25,31)(H,26,28);3-6,9,11,30H,7-8,10,12H2,1-2H3,(H,24,31)(H,25,27);4-8,11H,9-10H2,1-3H3,(H,23,29)(H,24,26). The molecule has 0 unspecified atom stereocenters. The Kier molecular flexibility index (Phi) is 23.0. The van der Waals surface area contributed by atoms with Crippen LogP contribution in [0.25, 0.3) is 66.9 Å². The van der Waals surface area contributed by atoms with Crippen LogP contribution in [0.15, 0.2) is 110 Å². The number of ether oxygens (including phenoxy) is 6. The van der Waals surface area contributed by atoms with Gasteiger partial charge >= 0.3 is 0 Å². The molecule has 0 bridgehead atoms. The zero-order valence-electron chi connectivity index (χ0n) is 54.1. The number of nitrogens with zero attached hydrogens (tertiary/aromatic N) is 12. The molecular formula is C66H69Cl3N18O10. The molecule has 0 spiro atoms. The second-order valence-corrected chi connectivity index (χ2v) is 22.8. The fraction of sp³-hybridized carbons (Fsp3) is 0.273. The molecule has 0 aliphatic heterocycles. The maximum absolute atomic E-state index is 11.9. The average Bonchev–Trinajstić information content (AvgIpc) is 1.71. The van der Waals surface area contributed by atoms with Crippen LogP contribution >= 0.6 is 34.8 Å². The van der Waals surface area contributed by atoms with Crippen LogP contribution in [-0.4, -0.2) is 173 Å². The van der Waals surface area contributed by atoms with Gasteiger partial charge in [0.15, 0.2) is 53.7 Å². The van der Waals surface area contributed by atoms with Crippen molar-refractivity contribution >= 4 is 85.2 Å². The van der Waals surface area contributed by atoms with E-state index in [1.165, 1.54) is 14.2 Å². The summed E-state index contributed by atoms with van der Waals surface area (Å²) < 4.78 is 37.6. The zero-order chi connectivity index (χ0) is 68.7. The number of nitrogens with one attached hydrogen (secondary N) is 6. The Morgan fingerprint density at radius 2 is 0.856 bits per heavy atom. The monoisotopic (exact) mass is 1380 g/mol. The van der Waals surface area contributed by atoms with Crippen molar-refractivity contribution in [3.8, 4) is 62.9 Å². The van der Waals surface area contributed by atoms with Crippen LogP contribution in [-0.2, 0) is 65.9 Å². The van der Waals surface area contributed by atoms with Crippen molar-refractivity contribution in [2.45, 2.75) is 25.7 Å². The first-order valence-electron chi connectivity index (χ1n) is 30.1. The third kappa shape index (κ3) is 16.7. The summed E-state index contributed by atoms with van der Waals surface area (Å²) in [5.41, 5.74) is 8.57. The number of likely N-dealkylation sites (N-methyl/N-ethyl adjacent to an activating group) is 1. The summed E-state index contributed by atoms with van der Waals surface area (Å²) in [7, 11) is 13.3. The highest BCUT2D eigenvalue weighted by molar-refractivity contribution is 6.37. The van der Waals surface area contributed by atoms with E-state index in [-0.39, 0.29) is 50.5 Å². The lowest BCUT2D eigenvalue weighted by molar-refractivity contribution is -0.124. The van der Waals surface area contributed by atoms with Crippen LogP contribution in [0.2, 0.25) is 15.1 Å². The van der Waals surface area contributed by atoms with Gasteiger partial charge in [-0.3, -0.25) is 43.7 Å². The molecule has 3 amide bonds. The normalized spacial score (nSPS) is 11.1. The Balaban J connectivity index is 0.000000158. The number of rotatable bonds is 25. The van der Waals surface area contributed by atoms with Gasteiger partial charge in [-0.15, -0.1) is 0 Å². The summed E-state index contributed by atoms with van der Waals surface area (Å²) in [5.74, 6) is 5.69. The molecule has 504 valence electrons. The van der Waals surface area contributed by atoms with E-state index in [4.69, 9.17) is 78.3 Å². The molecule has 0 saturated heterocycles. The maximum atomic E-state index is 11.9. The van der Waals surface area contributed by atoms with Gasteiger partial charge in [0.05, 0.1) is 91.2 Å². The third-order valence-corrected chi connectivity index (χ3v) is 16.7. The Morgan fingerprint density at radius 1 is 0.485 bits per heavy atom.